The molecule has 24 heavy (non-hydrogen) atoms. The van der Waals surface area contributed by atoms with Crippen molar-refractivity contribution in [1.82, 2.24) is 10.2 Å². The molecule has 0 fully saturated rings. The number of hydrogen-bond donors (Lipinski definition) is 1. The number of hydrogen-bond acceptors (Lipinski definition) is 3. The Morgan fingerprint density at radius 3 is 2.67 bits per heavy atom. The van der Waals surface area contributed by atoms with Gasteiger partial charge in [-0.3, -0.25) is 4.79 Å². The van der Waals surface area contributed by atoms with E-state index in [4.69, 9.17) is 4.74 Å². The summed E-state index contributed by atoms with van der Waals surface area (Å²) in [5.74, 6) is 0.149. The van der Waals surface area contributed by atoms with Gasteiger partial charge in [-0.25, -0.2) is 9.49 Å². The van der Waals surface area contributed by atoms with Gasteiger partial charge in [0.15, 0.2) is 11.6 Å². The summed E-state index contributed by atoms with van der Waals surface area (Å²) in [7, 11) is 0. The molecule has 0 radical (unpaired) electrons. The summed E-state index contributed by atoms with van der Waals surface area (Å²) in [4.78, 5) is 11.0. The molecule has 0 saturated carbocycles. The van der Waals surface area contributed by atoms with Crippen LogP contribution in [0, 0.1) is 5.82 Å². The van der Waals surface area contributed by atoms with Crippen LogP contribution in [0.1, 0.15) is 11.3 Å². The predicted molar refractivity (Wildman–Crippen MR) is 96.0 cm³/mol. The second kappa shape index (κ2) is 7.27. The van der Waals surface area contributed by atoms with Crippen LogP contribution in [0.25, 0.3) is 0 Å². The van der Waals surface area contributed by atoms with Crippen LogP contribution in [-0.4, -0.2) is 10.2 Å². The Labute approximate surface area is 153 Å². The number of aromatic amines is 1. The van der Waals surface area contributed by atoms with Crippen LogP contribution in [0.2, 0.25) is 0 Å². The molecule has 1 heterocycles. The van der Waals surface area contributed by atoms with Gasteiger partial charge in [0.1, 0.15) is 5.75 Å². The maximum absolute atomic E-state index is 14.8. The molecule has 0 saturated heterocycles. The van der Waals surface area contributed by atoms with Gasteiger partial charge in [-0.1, -0.05) is 28.1 Å². The van der Waals surface area contributed by atoms with Gasteiger partial charge in [-0.15, -0.1) is 0 Å². The highest BCUT2D eigenvalue weighted by Gasteiger charge is 2.15. The Hall–Kier alpha value is -1.99. The van der Waals surface area contributed by atoms with Gasteiger partial charge in [0.05, 0.1) is 10.2 Å². The zero-order chi connectivity index (χ0) is 17.1. The third-order valence-electron chi connectivity index (χ3n) is 3.25. The van der Waals surface area contributed by atoms with Crippen LogP contribution in [0.4, 0.5) is 4.39 Å². The SMILES string of the molecule is O=c1ccc(Cc2ccc(Br)c(Oc3cccc(Br)c3)c2F)n[nH]1. The molecule has 0 aliphatic rings. The third kappa shape index (κ3) is 3.91. The normalized spacial score (nSPS) is 10.6. The van der Waals surface area contributed by atoms with Crippen molar-refractivity contribution in [3.63, 3.8) is 0 Å². The number of nitrogens with zero attached hydrogens (tertiary/aromatic N) is 1. The van der Waals surface area contributed by atoms with Crippen LogP contribution in [-0.2, 0) is 6.42 Å². The Bertz CT molecular complexity index is 924. The molecule has 2 aromatic carbocycles. The summed E-state index contributed by atoms with van der Waals surface area (Å²) < 4.78 is 21.9. The van der Waals surface area contributed by atoms with Crippen molar-refractivity contribution in [2.24, 2.45) is 0 Å². The summed E-state index contributed by atoms with van der Waals surface area (Å²) >= 11 is 6.67. The fraction of sp³-hybridized carbons (Fsp3) is 0.0588. The quantitative estimate of drug-likeness (QED) is 0.616. The summed E-state index contributed by atoms with van der Waals surface area (Å²) in [5, 5.41) is 6.24. The second-order valence-electron chi connectivity index (χ2n) is 5.00. The van der Waals surface area contributed by atoms with E-state index in [2.05, 4.69) is 42.1 Å². The van der Waals surface area contributed by atoms with E-state index in [0.29, 0.717) is 21.5 Å². The van der Waals surface area contributed by atoms with Crippen molar-refractivity contribution in [2.75, 3.05) is 0 Å². The van der Waals surface area contributed by atoms with Crippen LogP contribution in [0.15, 0.2) is 62.3 Å². The van der Waals surface area contributed by atoms with Crippen molar-refractivity contribution in [1.29, 1.82) is 0 Å². The first-order chi connectivity index (χ1) is 11.5. The number of halogens is 3. The first-order valence-corrected chi connectivity index (χ1v) is 8.56. The second-order valence-corrected chi connectivity index (χ2v) is 6.77. The summed E-state index contributed by atoms with van der Waals surface area (Å²) in [6, 6.07) is 13.5. The summed E-state index contributed by atoms with van der Waals surface area (Å²) in [6.07, 6.45) is 0.241. The van der Waals surface area contributed by atoms with Gasteiger partial charge >= 0.3 is 0 Å². The number of aromatic nitrogens is 2. The molecule has 3 aromatic rings. The van der Waals surface area contributed by atoms with Crippen molar-refractivity contribution in [3.05, 3.63) is 84.9 Å². The maximum Gasteiger partial charge on any atom is 0.264 e. The highest BCUT2D eigenvalue weighted by Crippen LogP contribution is 2.35. The lowest BCUT2D eigenvalue weighted by atomic mass is 10.1. The monoisotopic (exact) mass is 452 g/mol. The maximum atomic E-state index is 14.8. The largest absolute Gasteiger partial charge is 0.453 e. The van der Waals surface area contributed by atoms with Gasteiger partial charge in [-0.05, 0) is 51.8 Å². The Morgan fingerprint density at radius 2 is 1.96 bits per heavy atom. The number of ether oxygens (including phenoxy) is 1. The predicted octanol–water partition coefficient (Wildman–Crippen LogP) is 4.82. The highest BCUT2D eigenvalue weighted by molar-refractivity contribution is 9.10. The number of rotatable bonds is 4. The lowest BCUT2D eigenvalue weighted by molar-refractivity contribution is 0.435. The number of nitrogens with one attached hydrogen (secondary N) is 1. The van der Waals surface area contributed by atoms with Gasteiger partial charge in [0.2, 0.25) is 0 Å². The molecule has 0 bridgehead atoms. The molecule has 0 amide bonds. The van der Waals surface area contributed by atoms with Crippen LogP contribution in [0.3, 0.4) is 0 Å². The van der Waals surface area contributed by atoms with Crippen molar-refractivity contribution in [2.45, 2.75) is 6.42 Å². The molecular formula is C17H11Br2FN2O2. The van der Waals surface area contributed by atoms with E-state index in [1.807, 2.05) is 6.07 Å². The first kappa shape index (κ1) is 16.9. The topological polar surface area (TPSA) is 55.0 Å². The van der Waals surface area contributed by atoms with Gasteiger partial charge in [0.25, 0.3) is 5.56 Å². The minimum absolute atomic E-state index is 0.107. The molecule has 0 atom stereocenters. The summed E-state index contributed by atoms with van der Waals surface area (Å²) in [5.41, 5.74) is 0.681. The van der Waals surface area contributed by atoms with Crippen molar-refractivity contribution < 1.29 is 9.13 Å². The smallest absolute Gasteiger partial charge is 0.264 e. The highest BCUT2D eigenvalue weighted by atomic mass is 79.9. The van der Waals surface area contributed by atoms with E-state index in [1.165, 1.54) is 6.07 Å². The van der Waals surface area contributed by atoms with Crippen LogP contribution < -0.4 is 10.3 Å². The van der Waals surface area contributed by atoms with E-state index in [-0.39, 0.29) is 17.7 Å². The first-order valence-electron chi connectivity index (χ1n) is 6.98. The minimum Gasteiger partial charge on any atom is -0.453 e. The molecule has 0 aliphatic carbocycles. The molecule has 3 rings (SSSR count). The Kier molecular flexibility index (Phi) is 5.11. The lowest BCUT2D eigenvalue weighted by Gasteiger charge is -2.12. The van der Waals surface area contributed by atoms with Crippen LogP contribution in [0.5, 0.6) is 11.5 Å². The third-order valence-corrected chi connectivity index (χ3v) is 4.37. The van der Waals surface area contributed by atoms with E-state index in [1.54, 1.807) is 36.4 Å². The zero-order valence-corrected chi connectivity index (χ0v) is 15.4. The molecule has 122 valence electrons. The molecular weight excluding hydrogens is 443 g/mol. The van der Waals surface area contributed by atoms with Crippen molar-refractivity contribution >= 4 is 31.9 Å². The molecule has 0 spiro atoms. The fourth-order valence-electron chi connectivity index (χ4n) is 2.12. The fourth-order valence-corrected chi connectivity index (χ4v) is 2.88. The average molecular weight is 454 g/mol. The Morgan fingerprint density at radius 1 is 1.12 bits per heavy atom. The molecule has 1 aromatic heterocycles. The minimum atomic E-state index is -0.475. The molecule has 0 unspecified atom stereocenters. The zero-order valence-electron chi connectivity index (χ0n) is 12.2. The van der Waals surface area contributed by atoms with Gasteiger partial charge in [-0.2, -0.15) is 5.10 Å². The molecule has 7 heteroatoms. The van der Waals surface area contributed by atoms with Gasteiger partial charge < -0.3 is 4.74 Å². The number of H-pyrrole nitrogens is 1. The van der Waals surface area contributed by atoms with E-state index in [9.17, 15) is 9.18 Å². The van der Waals surface area contributed by atoms with E-state index < -0.39 is 5.82 Å². The molecule has 0 aliphatic heterocycles. The standard InChI is InChI=1S/C17H11Br2FN2O2/c18-11-2-1-3-13(9-11)24-17-14(19)6-4-10(16(17)20)8-12-5-7-15(23)22-21-12/h1-7,9H,8H2,(H,22,23). The van der Waals surface area contributed by atoms with Gasteiger partial charge in [0, 0.05) is 17.0 Å². The average Bonchev–Trinajstić information content (AvgIpc) is 2.56. The Balaban J connectivity index is 1.92. The molecule has 1 N–H and O–H groups in total. The molecule has 4 nitrogen and oxygen atoms in total. The summed E-state index contributed by atoms with van der Waals surface area (Å²) in [6.45, 7) is 0. The van der Waals surface area contributed by atoms with Crippen LogP contribution >= 0.6 is 31.9 Å². The van der Waals surface area contributed by atoms with E-state index >= 15 is 0 Å². The lowest BCUT2D eigenvalue weighted by Crippen LogP contribution is -2.08. The van der Waals surface area contributed by atoms with Crippen molar-refractivity contribution in [3.8, 4) is 11.5 Å². The van der Waals surface area contributed by atoms with E-state index in [0.717, 1.165) is 4.47 Å². The number of benzene rings is 2.